The molecule has 3 aromatic carbocycles. The van der Waals surface area contributed by atoms with Crippen molar-refractivity contribution in [1.29, 1.82) is 0 Å². The van der Waals surface area contributed by atoms with Gasteiger partial charge in [0.15, 0.2) is 0 Å². The van der Waals surface area contributed by atoms with E-state index in [1.54, 1.807) is 36.7 Å². The van der Waals surface area contributed by atoms with E-state index in [1.165, 1.54) is 24.3 Å². The molecule has 0 unspecified atom stereocenters. The molecule has 0 aliphatic rings. The zero-order valence-electron chi connectivity index (χ0n) is 20.4. The molecular formula is C30H23Cl2F2N3O. The molecule has 2 heterocycles. The minimum Gasteiger partial charge on any atom is -0.361 e. The van der Waals surface area contributed by atoms with E-state index in [9.17, 15) is 13.6 Å². The van der Waals surface area contributed by atoms with Crippen LogP contribution in [0.2, 0.25) is 10.0 Å². The molecule has 0 saturated carbocycles. The van der Waals surface area contributed by atoms with Gasteiger partial charge in [-0.1, -0.05) is 41.4 Å². The van der Waals surface area contributed by atoms with Gasteiger partial charge < -0.3 is 10.3 Å². The third-order valence-electron chi connectivity index (χ3n) is 6.36. The molecule has 1 atom stereocenters. The number of aryl methyl sites for hydroxylation is 1. The van der Waals surface area contributed by atoms with Crippen LogP contribution in [0.4, 0.5) is 8.78 Å². The van der Waals surface area contributed by atoms with Gasteiger partial charge in [-0.05, 0) is 84.1 Å². The molecule has 0 bridgehead atoms. The number of H-pyrrole nitrogens is 1. The number of nitrogens with zero attached hydrogens (tertiary/aromatic N) is 1. The van der Waals surface area contributed by atoms with E-state index in [0.29, 0.717) is 38.7 Å². The van der Waals surface area contributed by atoms with Crippen molar-refractivity contribution in [2.75, 3.05) is 0 Å². The van der Waals surface area contributed by atoms with Crippen molar-refractivity contribution in [2.45, 2.75) is 25.8 Å². The summed E-state index contributed by atoms with van der Waals surface area (Å²) >= 11 is 12.4. The molecule has 1 amide bonds. The molecule has 0 aliphatic carbocycles. The standard InChI is InChI=1S/C30H23Cl2F2N3O/c1-17-9-18(11-22(34)10-17)12-28(30-23(3-2-8-35-30)19-4-6-25(31)26(32)13-19)37-29(38)14-20-16-36-27-7-5-21(33)15-24(20)27/h2-11,13,15-16,28,36H,12,14H2,1H3,(H,37,38)/t28-/m0/s1. The van der Waals surface area contributed by atoms with Crippen LogP contribution in [0.15, 0.2) is 79.1 Å². The number of rotatable bonds is 7. The van der Waals surface area contributed by atoms with E-state index < -0.39 is 6.04 Å². The van der Waals surface area contributed by atoms with Crippen molar-refractivity contribution in [2.24, 2.45) is 0 Å². The van der Waals surface area contributed by atoms with Crippen LogP contribution in [-0.4, -0.2) is 15.9 Å². The highest BCUT2D eigenvalue weighted by molar-refractivity contribution is 6.42. The van der Waals surface area contributed by atoms with E-state index in [2.05, 4.69) is 15.3 Å². The fourth-order valence-corrected chi connectivity index (χ4v) is 5.00. The smallest absolute Gasteiger partial charge is 0.225 e. The Balaban J connectivity index is 1.51. The summed E-state index contributed by atoms with van der Waals surface area (Å²) in [5.74, 6) is -1.01. The first-order valence-electron chi connectivity index (χ1n) is 12.0. The second kappa shape index (κ2) is 10.9. The fraction of sp³-hybridized carbons (Fsp3) is 0.133. The lowest BCUT2D eigenvalue weighted by atomic mass is 9.94. The number of amides is 1. The summed E-state index contributed by atoms with van der Waals surface area (Å²) in [7, 11) is 0. The first-order valence-corrected chi connectivity index (χ1v) is 12.7. The lowest BCUT2D eigenvalue weighted by Gasteiger charge is -2.22. The van der Waals surface area contributed by atoms with E-state index in [1.807, 2.05) is 25.1 Å². The number of hydrogen-bond acceptors (Lipinski definition) is 2. The monoisotopic (exact) mass is 549 g/mol. The van der Waals surface area contributed by atoms with Gasteiger partial charge in [0, 0.05) is 28.9 Å². The normalized spacial score (nSPS) is 12.0. The molecule has 38 heavy (non-hydrogen) atoms. The molecule has 0 radical (unpaired) electrons. The number of nitrogens with one attached hydrogen (secondary N) is 2. The van der Waals surface area contributed by atoms with Crippen molar-refractivity contribution in [3.63, 3.8) is 0 Å². The number of benzene rings is 3. The number of pyridine rings is 1. The van der Waals surface area contributed by atoms with Crippen LogP contribution in [0.1, 0.15) is 28.4 Å². The minimum atomic E-state index is -0.587. The number of halogens is 4. The van der Waals surface area contributed by atoms with Crippen LogP contribution in [0.3, 0.4) is 0 Å². The predicted molar refractivity (Wildman–Crippen MR) is 147 cm³/mol. The number of fused-ring (bicyclic) bond motifs is 1. The van der Waals surface area contributed by atoms with E-state index >= 15 is 0 Å². The Kier molecular flexibility index (Phi) is 7.45. The van der Waals surface area contributed by atoms with E-state index in [4.69, 9.17) is 23.2 Å². The number of hydrogen-bond donors (Lipinski definition) is 2. The zero-order chi connectivity index (χ0) is 26.8. The first-order chi connectivity index (χ1) is 18.3. The predicted octanol–water partition coefficient (Wildman–Crippen LogP) is 7.77. The molecule has 0 saturated heterocycles. The number of aromatic amines is 1. The highest BCUT2D eigenvalue weighted by Gasteiger charge is 2.22. The van der Waals surface area contributed by atoms with Crippen molar-refractivity contribution < 1.29 is 13.6 Å². The Morgan fingerprint density at radius 2 is 1.84 bits per heavy atom. The highest BCUT2D eigenvalue weighted by Crippen LogP contribution is 2.33. The lowest BCUT2D eigenvalue weighted by Crippen LogP contribution is -2.32. The second-order valence-electron chi connectivity index (χ2n) is 9.21. The Hall–Kier alpha value is -3.74. The Morgan fingerprint density at radius 1 is 1.00 bits per heavy atom. The largest absolute Gasteiger partial charge is 0.361 e. The van der Waals surface area contributed by atoms with Gasteiger partial charge in [-0.15, -0.1) is 0 Å². The summed E-state index contributed by atoms with van der Waals surface area (Å²) < 4.78 is 28.1. The average molecular weight is 550 g/mol. The Bertz CT molecular complexity index is 1630. The van der Waals surface area contributed by atoms with Crippen LogP contribution in [-0.2, 0) is 17.6 Å². The Labute approximate surface area is 228 Å². The summed E-state index contributed by atoms with van der Waals surface area (Å²) in [6.45, 7) is 1.82. The van der Waals surface area contributed by atoms with E-state index in [0.717, 1.165) is 22.2 Å². The molecular weight excluding hydrogens is 527 g/mol. The third-order valence-corrected chi connectivity index (χ3v) is 7.10. The molecule has 8 heteroatoms. The molecule has 4 nitrogen and oxygen atoms in total. The molecule has 2 N–H and O–H groups in total. The summed E-state index contributed by atoms with van der Waals surface area (Å²) in [5.41, 5.74) is 5.05. The average Bonchev–Trinajstić information content (AvgIpc) is 3.26. The molecule has 0 aliphatic heterocycles. The van der Waals surface area contributed by atoms with Crippen molar-refractivity contribution in [3.8, 4) is 11.1 Å². The van der Waals surface area contributed by atoms with Crippen LogP contribution in [0.5, 0.6) is 0 Å². The summed E-state index contributed by atoms with van der Waals surface area (Å²) in [5, 5.41) is 4.55. The number of carbonyl (C=O) groups is 1. The number of carbonyl (C=O) groups excluding carboxylic acids is 1. The van der Waals surface area contributed by atoms with Crippen LogP contribution in [0, 0.1) is 18.6 Å². The van der Waals surface area contributed by atoms with Gasteiger partial charge in [0.2, 0.25) is 5.91 Å². The molecule has 192 valence electrons. The SMILES string of the molecule is Cc1cc(F)cc(C[C@H](NC(=O)Cc2c[nH]c3ccc(F)cc23)c2ncccc2-c2ccc(Cl)c(Cl)c2)c1. The van der Waals surface area contributed by atoms with Gasteiger partial charge in [-0.3, -0.25) is 9.78 Å². The van der Waals surface area contributed by atoms with E-state index in [-0.39, 0.29) is 24.0 Å². The van der Waals surface area contributed by atoms with Crippen molar-refractivity contribution >= 4 is 40.0 Å². The quantitative estimate of drug-likeness (QED) is 0.218. The molecule has 5 aromatic rings. The topological polar surface area (TPSA) is 57.8 Å². The van der Waals surface area contributed by atoms with Gasteiger partial charge in [0.1, 0.15) is 11.6 Å². The van der Waals surface area contributed by atoms with Gasteiger partial charge in [0.25, 0.3) is 0 Å². The second-order valence-corrected chi connectivity index (χ2v) is 10.0. The Morgan fingerprint density at radius 3 is 2.63 bits per heavy atom. The van der Waals surface area contributed by atoms with Gasteiger partial charge >= 0.3 is 0 Å². The lowest BCUT2D eigenvalue weighted by molar-refractivity contribution is -0.121. The molecule has 5 rings (SSSR count). The third kappa shape index (κ3) is 5.72. The summed E-state index contributed by atoms with van der Waals surface area (Å²) in [4.78, 5) is 21.0. The van der Waals surface area contributed by atoms with Crippen LogP contribution < -0.4 is 5.32 Å². The van der Waals surface area contributed by atoms with Crippen molar-refractivity contribution in [3.05, 3.63) is 123 Å². The molecule has 2 aromatic heterocycles. The highest BCUT2D eigenvalue weighted by atomic mass is 35.5. The van der Waals surface area contributed by atoms with Gasteiger partial charge in [-0.2, -0.15) is 0 Å². The molecule has 0 fully saturated rings. The zero-order valence-corrected chi connectivity index (χ0v) is 21.9. The summed E-state index contributed by atoms with van der Waals surface area (Å²) in [6.07, 6.45) is 3.68. The number of aromatic nitrogens is 2. The maximum Gasteiger partial charge on any atom is 0.225 e. The van der Waals surface area contributed by atoms with Gasteiger partial charge in [0.05, 0.1) is 28.2 Å². The molecule has 0 spiro atoms. The first kappa shape index (κ1) is 25.9. The fourth-order valence-electron chi connectivity index (χ4n) is 4.70. The van der Waals surface area contributed by atoms with Gasteiger partial charge in [-0.25, -0.2) is 8.78 Å². The van der Waals surface area contributed by atoms with Crippen molar-refractivity contribution in [1.82, 2.24) is 15.3 Å². The maximum absolute atomic E-state index is 14.2. The maximum atomic E-state index is 14.2. The van der Waals surface area contributed by atoms with Crippen LogP contribution in [0.25, 0.3) is 22.0 Å². The minimum absolute atomic E-state index is 0.0249. The summed E-state index contributed by atoms with van der Waals surface area (Å²) in [6, 6.07) is 17.6. The van der Waals surface area contributed by atoms with Crippen LogP contribution >= 0.6 is 23.2 Å².